The fourth-order valence-corrected chi connectivity index (χ4v) is 5.68. The van der Waals surface area contributed by atoms with Crippen LogP contribution in [-0.4, -0.2) is 13.0 Å². The third-order valence-corrected chi connectivity index (χ3v) is 7.46. The summed E-state index contributed by atoms with van der Waals surface area (Å²) in [5.41, 5.74) is 2.23. The normalized spacial score (nSPS) is 11.7. The van der Waals surface area contributed by atoms with E-state index in [4.69, 9.17) is 0 Å². The van der Waals surface area contributed by atoms with Gasteiger partial charge in [0.2, 0.25) is 0 Å². The van der Waals surface area contributed by atoms with Crippen LogP contribution in [0.4, 0.5) is 5.69 Å². The number of sulfonamides is 1. The predicted octanol–water partition coefficient (Wildman–Crippen LogP) is 5.07. The zero-order valence-electron chi connectivity index (χ0n) is 16.4. The van der Waals surface area contributed by atoms with Crippen molar-refractivity contribution in [2.45, 2.75) is 11.4 Å². The third kappa shape index (κ3) is 3.85. The topological polar surface area (TPSA) is 68.2 Å². The van der Waals surface area contributed by atoms with E-state index >= 15 is 0 Å². The lowest BCUT2D eigenvalue weighted by Gasteiger charge is -2.10. The maximum atomic E-state index is 13.0. The van der Waals surface area contributed by atoms with Crippen molar-refractivity contribution < 1.29 is 8.42 Å². The van der Waals surface area contributed by atoms with Gasteiger partial charge in [0.25, 0.3) is 10.0 Å². The molecule has 154 valence electrons. The molecule has 0 bridgehead atoms. The van der Waals surface area contributed by atoms with Crippen molar-refractivity contribution in [1.29, 1.82) is 0 Å². The second kappa shape index (κ2) is 7.68. The molecule has 0 amide bonds. The van der Waals surface area contributed by atoms with E-state index in [1.54, 1.807) is 34.9 Å². The zero-order chi connectivity index (χ0) is 21.4. The lowest BCUT2D eigenvalue weighted by molar-refractivity contribution is 0.601. The van der Waals surface area contributed by atoms with Gasteiger partial charge in [0, 0.05) is 5.69 Å². The van der Waals surface area contributed by atoms with Crippen molar-refractivity contribution in [3.8, 4) is 0 Å². The Bertz CT molecular complexity index is 1570. The van der Waals surface area contributed by atoms with E-state index in [2.05, 4.69) is 4.72 Å². The summed E-state index contributed by atoms with van der Waals surface area (Å²) in [5, 5.41) is 1.99. The molecule has 0 spiro atoms. The Morgan fingerprint density at radius 3 is 2.35 bits per heavy atom. The molecule has 5 nitrogen and oxygen atoms in total. The van der Waals surface area contributed by atoms with E-state index in [-0.39, 0.29) is 9.77 Å². The van der Waals surface area contributed by atoms with E-state index in [1.165, 1.54) is 0 Å². The molecule has 7 heteroatoms. The van der Waals surface area contributed by atoms with E-state index < -0.39 is 10.0 Å². The second-order valence-corrected chi connectivity index (χ2v) is 9.91. The second-order valence-electron chi connectivity index (χ2n) is 7.24. The molecule has 5 rings (SSSR count). The maximum absolute atomic E-state index is 13.0. The molecule has 0 radical (unpaired) electrons. The maximum Gasteiger partial charge on any atom is 0.308 e. The predicted molar refractivity (Wildman–Crippen MR) is 126 cm³/mol. The minimum absolute atomic E-state index is 0.115. The average molecular weight is 447 g/mol. The molecular formula is C24H18N2O3S2. The number of hydrogen-bond donors (Lipinski definition) is 1. The fourth-order valence-electron chi connectivity index (χ4n) is 3.60. The lowest BCUT2D eigenvalue weighted by atomic mass is 10.1. The number of nitrogens with one attached hydrogen (secondary N) is 1. The largest absolute Gasteiger partial charge is 0.308 e. The molecule has 1 heterocycles. The molecule has 1 aromatic heterocycles. The highest BCUT2D eigenvalue weighted by molar-refractivity contribution is 7.92. The van der Waals surface area contributed by atoms with Crippen LogP contribution in [0.25, 0.3) is 21.0 Å². The summed E-state index contributed by atoms with van der Waals surface area (Å²) < 4.78 is 30.9. The first-order valence-corrected chi connectivity index (χ1v) is 12.0. The molecule has 0 aliphatic heterocycles. The van der Waals surface area contributed by atoms with Gasteiger partial charge in [-0.05, 0) is 46.7 Å². The molecule has 0 atom stereocenters. The Morgan fingerprint density at radius 2 is 1.55 bits per heavy atom. The van der Waals surface area contributed by atoms with Crippen molar-refractivity contribution >= 4 is 48.0 Å². The van der Waals surface area contributed by atoms with Gasteiger partial charge in [-0.2, -0.15) is 0 Å². The summed E-state index contributed by atoms with van der Waals surface area (Å²) >= 11 is 1.05. The number of aromatic nitrogens is 1. The van der Waals surface area contributed by atoms with Gasteiger partial charge in [-0.1, -0.05) is 72.0 Å². The van der Waals surface area contributed by atoms with Gasteiger partial charge in [0.1, 0.15) is 0 Å². The van der Waals surface area contributed by atoms with Crippen molar-refractivity contribution in [3.63, 3.8) is 0 Å². The summed E-state index contributed by atoms with van der Waals surface area (Å²) in [7, 11) is -3.79. The summed E-state index contributed by atoms with van der Waals surface area (Å²) in [6.07, 6.45) is 0. The van der Waals surface area contributed by atoms with Gasteiger partial charge in [-0.25, -0.2) is 8.42 Å². The first-order chi connectivity index (χ1) is 15.0. The minimum Gasteiger partial charge on any atom is -0.294 e. The van der Waals surface area contributed by atoms with E-state index in [0.717, 1.165) is 33.2 Å². The van der Waals surface area contributed by atoms with E-state index in [1.807, 2.05) is 60.7 Å². The molecule has 0 unspecified atom stereocenters. The van der Waals surface area contributed by atoms with Crippen LogP contribution in [0.3, 0.4) is 0 Å². The average Bonchev–Trinajstić information content (AvgIpc) is 3.08. The molecule has 0 fully saturated rings. The van der Waals surface area contributed by atoms with Gasteiger partial charge in [0.15, 0.2) is 0 Å². The first kappa shape index (κ1) is 19.5. The van der Waals surface area contributed by atoms with Crippen molar-refractivity contribution in [1.82, 2.24) is 4.57 Å². The van der Waals surface area contributed by atoms with Gasteiger partial charge >= 0.3 is 4.87 Å². The van der Waals surface area contributed by atoms with Crippen LogP contribution in [-0.2, 0) is 16.6 Å². The SMILES string of the molecule is O=c1sc2cc(S(=O)(=O)Nc3ccc4ccccc4c3)ccc2n1Cc1ccccc1. The molecule has 1 N–H and O–H groups in total. The number of anilines is 1. The summed E-state index contributed by atoms with van der Waals surface area (Å²) in [6, 6.07) is 27.7. The van der Waals surface area contributed by atoms with Crippen LogP contribution in [0.2, 0.25) is 0 Å². The van der Waals surface area contributed by atoms with Crippen LogP contribution in [0.1, 0.15) is 5.56 Å². The molecule has 0 aliphatic rings. The Hall–Kier alpha value is -3.42. The van der Waals surface area contributed by atoms with Crippen LogP contribution < -0.4 is 9.60 Å². The standard InChI is InChI=1S/C24H18N2O3S2/c27-24-26(16-17-6-2-1-3-7-17)22-13-12-21(15-23(22)30-24)31(28,29)25-20-11-10-18-8-4-5-9-19(18)14-20/h1-15,25H,16H2. The van der Waals surface area contributed by atoms with Crippen molar-refractivity contribution in [2.24, 2.45) is 0 Å². The van der Waals surface area contributed by atoms with Crippen LogP contribution in [0.5, 0.6) is 0 Å². The van der Waals surface area contributed by atoms with Crippen LogP contribution >= 0.6 is 11.3 Å². The molecule has 31 heavy (non-hydrogen) atoms. The van der Waals surface area contributed by atoms with Gasteiger partial charge in [-0.15, -0.1) is 0 Å². The van der Waals surface area contributed by atoms with Gasteiger partial charge < -0.3 is 0 Å². The molecule has 0 saturated carbocycles. The number of thiazole rings is 1. The first-order valence-electron chi connectivity index (χ1n) is 9.69. The highest BCUT2D eigenvalue weighted by Crippen LogP contribution is 2.25. The summed E-state index contributed by atoms with van der Waals surface area (Å²) in [4.78, 5) is 12.5. The van der Waals surface area contributed by atoms with Crippen LogP contribution in [0.15, 0.2) is 101 Å². The minimum atomic E-state index is -3.79. The quantitative estimate of drug-likeness (QED) is 0.410. The van der Waals surface area contributed by atoms with E-state index in [9.17, 15) is 13.2 Å². The van der Waals surface area contributed by atoms with Crippen molar-refractivity contribution in [3.05, 3.63) is 106 Å². The Morgan fingerprint density at radius 1 is 0.806 bits per heavy atom. The number of nitrogens with zero attached hydrogens (tertiary/aromatic N) is 1. The molecular weight excluding hydrogens is 428 g/mol. The molecule has 0 saturated heterocycles. The van der Waals surface area contributed by atoms with Crippen molar-refractivity contribution in [2.75, 3.05) is 4.72 Å². The Labute approximate surface area is 183 Å². The third-order valence-electron chi connectivity index (χ3n) is 5.14. The fraction of sp³-hybridized carbons (Fsp3) is 0.0417. The Balaban J connectivity index is 1.48. The highest BCUT2D eigenvalue weighted by Gasteiger charge is 2.17. The van der Waals surface area contributed by atoms with Crippen LogP contribution in [0, 0.1) is 0 Å². The number of fused-ring (bicyclic) bond motifs is 2. The lowest BCUT2D eigenvalue weighted by Crippen LogP contribution is -2.14. The monoisotopic (exact) mass is 446 g/mol. The molecule has 0 aliphatic carbocycles. The number of hydrogen-bond acceptors (Lipinski definition) is 4. The Kier molecular flexibility index (Phi) is 4.84. The van der Waals surface area contributed by atoms with E-state index in [0.29, 0.717) is 16.9 Å². The molecule has 4 aromatic carbocycles. The smallest absolute Gasteiger partial charge is 0.294 e. The number of rotatable bonds is 5. The number of benzene rings is 4. The molecule has 5 aromatic rings. The zero-order valence-corrected chi connectivity index (χ0v) is 18.0. The highest BCUT2D eigenvalue weighted by atomic mass is 32.2. The summed E-state index contributed by atoms with van der Waals surface area (Å²) in [5.74, 6) is 0. The summed E-state index contributed by atoms with van der Waals surface area (Å²) in [6.45, 7) is 0.446. The van der Waals surface area contributed by atoms with Gasteiger partial charge in [0.05, 0.1) is 21.7 Å². The van der Waals surface area contributed by atoms with Gasteiger partial charge in [-0.3, -0.25) is 14.1 Å².